The Morgan fingerprint density at radius 3 is 2.53 bits per heavy atom. The van der Waals surface area contributed by atoms with E-state index >= 15 is 0 Å². The summed E-state index contributed by atoms with van der Waals surface area (Å²) in [6.45, 7) is 3.90. The van der Waals surface area contributed by atoms with Gasteiger partial charge in [-0.1, -0.05) is 23.7 Å². The van der Waals surface area contributed by atoms with Crippen LogP contribution in [0.1, 0.15) is 24.4 Å². The Bertz CT molecular complexity index is 557. The highest BCUT2D eigenvalue weighted by Crippen LogP contribution is 2.21. The average molecular weight is 278 g/mol. The van der Waals surface area contributed by atoms with Gasteiger partial charge < -0.3 is 10.1 Å². The number of nitrogens with one attached hydrogen (secondary N) is 1. The van der Waals surface area contributed by atoms with Crippen molar-refractivity contribution in [2.75, 3.05) is 12.4 Å². The molecule has 0 saturated heterocycles. The van der Waals surface area contributed by atoms with E-state index in [1.807, 2.05) is 31.2 Å². The van der Waals surface area contributed by atoms with Crippen LogP contribution in [0.15, 0.2) is 30.3 Å². The zero-order valence-corrected chi connectivity index (χ0v) is 11.9. The summed E-state index contributed by atoms with van der Waals surface area (Å²) in [4.78, 5) is 8.49. The third-order valence-corrected chi connectivity index (χ3v) is 3.01. The quantitative estimate of drug-likeness (QED) is 0.927. The van der Waals surface area contributed by atoms with E-state index in [1.54, 1.807) is 13.2 Å². The Morgan fingerprint density at radius 2 is 1.89 bits per heavy atom. The van der Waals surface area contributed by atoms with Crippen molar-refractivity contribution in [2.45, 2.75) is 19.9 Å². The van der Waals surface area contributed by atoms with E-state index < -0.39 is 0 Å². The van der Waals surface area contributed by atoms with Crippen molar-refractivity contribution in [3.63, 3.8) is 0 Å². The van der Waals surface area contributed by atoms with Crippen molar-refractivity contribution in [3.8, 4) is 5.88 Å². The molecule has 1 heterocycles. The molecule has 4 nitrogen and oxygen atoms in total. The third-order valence-electron chi connectivity index (χ3n) is 2.76. The van der Waals surface area contributed by atoms with Gasteiger partial charge in [-0.05, 0) is 31.5 Å². The Labute approximate surface area is 117 Å². The number of nitrogens with zero attached hydrogens (tertiary/aromatic N) is 2. The van der Waals surface area contributed by atoms with Gasteiger partial charge in [-0.3, -0.25) is 0 Å². The van der Waals surface area contributed by atoms with Gasteiger partial charge in [0.05, 0.1) is 7.11 Å². The lowest BCUT2D eigenvalue weighted by molar-refractivity contribution is 0.396. The number of halogens is 1. The number of benzene rings is 1. The number of ether oxygens (including phenoxy) is 1. The van der Waals surface area contributed by atoms with Crippen LogP contribution >= 0.6 is 11.6 Å². The minimum absolute atomic E-state index is 0.122. The van der Waals surface area contributed by atoms with Crippen molar-refractivity contribution in [3.05, 3.63) is 46.7 Å². The number of rotatable bonds is 4. The number of hydrogen-bond acceptors (Lipinski definition) is 4. The van der Waals surface area contributed by atoms with E-state index in [1.165, 1.54) is 0 Å². The standard InChI is InChI=1S/C14H16ClN3O/c1-9(11-4-6-12(15)7-5-11)16-13-8-14(19-3)18-10(2)17-13/h4-9H,1-3H3,(H,16,17,18). The molecule has 0 bridgehead atoms. The second kappa shape index (κ2) is 5.89. The first-order valence-corrected chi connectivity index (χ1v) is 6.38. The lowest BCUT2D eigenvalue weighted by atomic mass is 10.1. The first-order chi connectivity index (χ1) is 9.08. The smallest absolute Gasteiger partial charge is 0.218 e. The molecule has 1 aromatic carbocycles. The van der Waals surface area contributed by atoms with Crippen LogP contribution in [0.3, 0.4) is 0 Å². The molecule has 0 amide bonds. The van der Waals surface area contributed by atoms with Crippen LogP contribution in [-0.2, 0) is 0 Å². The fraction of sp³-hybridized carbons (Fsp3) is 0.286. The monoisotopic (exact) mass is 277 g/mol. The topological polar surface area (TPSA) is 47.0 Å². The fourth-order valence-corrected chi connectivity index (χ4v) is 1.90. The van der Waals surface area contributed by atoms with Gasteiger partial charge in [0.15, 0.2) is 0 Å². The molecular formula is C14H16ClN3O. The number of methoxy groups -OCH3 is 1. The summed E-state index contributed by atoms with van der Waals surface area (Å²) in [6, 6.07) is 9.63. The van der Waals surface area contributed by atoms with Crippen LogP contribution in [0.25, 0.3) is 0 Å². The summed E-state index contributed by atoms with van der Waals surface area (Å²) in [7, 11) is 1.59. The summed E-state index contributed by atoms with van der Waals surface area (Å²) in [5.74, 6) is 1.97. The minimum Gasteiger partial charge on any atom is -0.481 e. The van der Waals surface area contributed by atoms with Gasteiger partial charge in [-0.25, -0.2) is 4.98 Å². The van der Waals surface area contributed by atoms with Gasteiger partial charge in [0.1, 0.15) is 11.6 Å². The number of hydrogen-bond donors (Lipinski definition) is 1. The highest BCUT2D eigenvalue weighted by molar-refractivity contribution is 6.30. The normalized spacial score (nSPS) is 12.0. The van der Waals surface area contributed by atoms with Gasteiger partial charge >= 0.3 is 0 Å². The summed E-state index contributed by atoms with van der Waals surface area (Å²) in [6.07, 6.45) is 0. The molecule has 1 unspecified atom stereocenters. The maximum atomic E-state index is 5.88. The number of aromatic nitrogens is 2. The minimum atomic E-state index is 0.122. The largest absolute Gasteiger partial charge is 0.481 e. The van der Waals surface area contributed by atoms with Gasteiger partial charge in [-0.15, -0.1) is 0 Å². The van der Waals surface area contributed by atoms with Crippen LogP contribution < -0.4 is 10.1 Å². The van der Waals surface area contributed by atoms with E-state index in [-0.39, 0.29) is 6.04 Å². The lowest BCUT2D eigenvalue weighted by Crippen LogP contribution is -2.09. The molecule has 0 fully saturated rings. The highest BCUT2D eigenvalue weighted by atomic mass is 35.5. The van der Waals surface area contributed by atoms with E-state index in [0.29, 0.717) is 11.7 Å². The predicted molar refractivity (Wildman–Crippen MR) is 76.8 cm³/mol. The van der Waals surface area contributed by atoms with E-state index in [0.717, 1.165) is 16.4 Å². The summed E-state index contributed by atoms with van der Waals surface area (Å²) >= 11 is 5.88. The molecule has 0 aliphatic heterocycles. The van der Waals surface area contributed by atoms with E-state index in [9.17, 15) is 0 Å². The van der Waals surface area contributed by atoms with Gasteiger partial charge in [0, 0.05) is 17.1 Å². The van der Waals surface area contributed by atoms with Crippen LogP contribution in [0.4, 0.5) is 5.82 Å². The molecule has 100 valence electrons. The van der Waals surface area contributed by atoms with Gasteiger partial charge in [0.2, 0.25) is 5.88 Å². The number of aryl methyl sites for hydroxylation is 1. The Hall–Kier alpha value is -1.81. The van der Waals surface area contributed by atoms with Crippen molar-refractivity contribution >= 4 is 17.4 Å². The van der Waals surface area contributed by atoms with E-state index in [4.69, 9.17) is 16.3 Å². The molecule has 19 heavy (non-hydrogen) atoms. The zero-order valence-electron chi connectivity index (χ0n) is 11.1. The molecular weight excluding hydrogens is 262 g/mol. The second-order valence-corrected chi connectivity index (χ2v) is 4.70. The zero-order chi connectivity index (χ0) is 13.8. The molecule has 2 aromatic rings. The Kier molecular flexibility index (Phi) is 4.22. The van der Waals surface area contributed by atoms with Crippen molar-refractivity contribution in [1.29, 1.82) is 0 Å². The molecule has 0 spiro atoms. The Balaban J connectivity index is 2.16. The summed E-state index contributed by atoms with van der Waals surface area (Å²) < 4.78 is 5.13. The average Bonchev–Trinajstić information content (AvgIpc) is 2.38. The maximum Gasteiger partial charge on any atom is 0.218 e. The van der Waals surface area contributed by atoms with Crippen LogP contribution in [0.2, 0.25) is 5.02 Å². The molecule has 1 aromatic heterocycles. The van der Waals surface area contributed by atoms with Crippen LogP contribution in [0.5, 0.6) is 5.88 Å². The first-order valence-electron chi connectivity index (χ1n) is 6.00. The molecule has 0 saturated carbocycles. The molecule has 0 aliphatic carbocycles. The van der Waals surface area contributed by atoms with Crippen LogP contribution in [0, 0.1) is 6.92 Å². The molecule has 0 aliphatic rings. The number of anilines is 1. The third kappa shape index (κ3) is 3.58. The van der Waals surface area contributed by atoms with Gasteiger partial charge in [0.25, 0.3) is 0 Å². The molecule has 1 atom stereocenters. The lowest BCUT2D eigenvalue weighted by Gasteiger charge is -2.15. The molecule has 2 rings (SSSR count). The molecule has 5 heteroatoms. The van der Waals surface area contributed by atoms with E-state index in [2.05, 4.69) is 22.2 Å². The second-order valence-electron chi connectivity index (χ2n) is 4.26. The van der Waals surface area contributed by atoms with Crippen LogP contribution in [-0.4, -0.2) is 17.1 Å². The maximum absolute atomic E-state index is 5.88. The first kappa shape index (κ1) is 13.6. The fourth-order valence-electron chi connectivity index (χ4n) is 1.78. The van der Waals surface area contributed by atoms with Crippen molar-refractivity contribution in [2.24, 2.45) is 0 Å². The molecule has 1 N–H and O–H groups in total. The summed E-state index contributed by atoms with van der Waals surface area (Å²) in [5.41, 5.74) is 1.14. The van der Waals surface area contributed by atoms with Gasteiger partial charge in [-0.2, -0.15) is 4.98 Å². The Morgan fingerprint density at radius 1 is 1.21 bits per heavy atom. The highest BCUT2D eigenvalue weighted by Gasteiger charge is 2.08. The SMILES string of the molecule is COc1cc(NC(C)c2ccc(Cl)cc2)nc(C)n1. The van der Waals surface area contributed by atoms with Crippen molar-refractivity contribution in [1.82, 2.24) is 9.97 Å². The molecule has 0 radical (unpaired) electrons. The summed E-state index contributed by atoms with van der Waals surface area (Å²) in [5, 5.41) is 4.05. The predicted octanol–water partition coefficient (Wildman–Crippen LogP) is 3.62. The van der Waals surface area contributed by atoms with Crippen molar-refractivity contribution < 1.29 is 4.74 Å².